The molecule has 0 aliphatic carbocycles. The van der Waals surface area contributed by atoms with Gasteiger partial charge in [-0.2, -0.15) is 0 Å². The van der Waals surface area contributed by atoms with E-state index in [1.54, 1.807) is 0 Å². The molecule has 1 aliphatic rings. The van der Waals surface area contributed by atoms with Crippen LogP contribution in [-0.2, 0) is 5.54 Å². The number of likely N-dealkylation sites (tertiary alicyclic amines) is 1. The summed E-state index contributed by atoms with van der Waals surface area (Å²) in [5, 5.41) is 0. The Morgan fingerprint density at radius 1 is 0.750 bits per heavy atom. The molecule has 1 heterocycles. The van der Waals surface area contributed by atoms with Crippen molar-refractivity contribution in [3.8, 4) is 0 Å². The highest BCUT2D eigenvalue weighted by molar-refractivity contribution is 5.49. The molecule has 0 aromatic heterocycles. The van der Waals surface area contributed by atoms with Gasteiger partial charge < -0.3 is 0 Å². The first-order valence-corrected chi connectivity index (χ1v) is 10.6. The zero-order valence-electron chi connectivity index (χ0n) is 16.6. The zero-order chi connectivity index (χ0) is 19.2. The summed E-state index contributed by atoms with van der Waals surface area (Å²) in [4.78, 5) is 2.73. The monoisotopic (exact) mass is 368 g/mol. The van der Waals surface area contributed by atoms with E-state index in [4.69, 9.17) is 0 Å². The first kappa shape index (κ1) is 19.0. The number of piperidine rings is 1. The molecule has 1 aliphatic heterocycles. The average molecular weight is 369 g/mol. The van der Waals surface area contributed by atoms with Crippen molar-refractivity contribution >= 4 is 0 Å². The maximum atomic E-state index is 4.12. The normalized spacial score (nSPS) is 18.1. The molecule has 1 unspecified atom stereocenters. The molecule has 1 heteroatoms. The summed E-state index contributed by atoms with van der Waals surface area (Å²) in [5.41, 5.74) is 3.79. The molecule has 3 aromatic carbocycles. The molecule has 1 saturated heterocycles. The van der Waals surface area contributed by atoms with E-state index in [0.717, 1.165) is 25.4 Å². The molecule has 28 heavy (non-hydrogen) atoms. The molecule has 0 bridgehead atoms. The van der Waals surface area contributed by atoms with Crippen LogP contribution in [0, 0.1) is 12.8 Å². The zero-order valence-corrected chi connectivity index (χ0v) is 16.6. The van der Waals surface area contributed by atoms with Crippen LogP contribution in [-0.4, -0.2) is 18.0 Å². The molecule has 0 saturated carbocycles. The Balaban J connectivity index is 1.93. The smallest absolute Gasteiger partial charge is 0.0973 e. The quantitative estimate of drug-likeness (QED) is 0.461. The minimum Gasteiger partial charge on any atom is -0.286 e. The highest BCUT2D eigenvalue weighted by Gasteiger charge is 2.43. The van der Waals surface area contributed by atoms with Gasteiger partial charge >= 0.3 is 0 Å². The maximum Gasteiger partial charge on any atom is 0.0973 e. The van der Waals surface area contributed by atoms with E-state index in [0.29, 0.717) is 0 Å². The maximum absolute atomic E-state index is 4.12. The Hall–Kier alpha value is -2.38. The lowest BCUT2D eigenvalue weighted by atomic mass is 9.74. The second-order valence-corrected chi connectivity index (χ2v) is 7.90. The van der Waals surface area contributed by atoms with Gasteiger partial charge in [0.1, 0.15) is 0 Å². The van der Waals surface area contributed by atoms with E-state index in [1.165, 1.54) is 36.0 Å². The topological polar surface area (TPSA) is 3.24 Å². The number of nitrogens with zero attached hydrogens (tertiary/aromatic N) is 1. The first-order valence-electron chi connectivity index (χ1n) is 10.6. The summed E-state index contributed by atoms with van der Waals surface area (Å²) in [7, 11) is 0. The van der Waals surface area contributed by atoms with Crippen LogP contribution >= 0.6 is 0 Å². The van der Waals surface area contributed by atoms with Crippen molar-refractivity contribution in [3.05, 3.63) is 115 Å². The fourth-order valence-electron chi connectivity index (χ4n) is 4.98. The van der Waals surface area contributed by atoms with Crippen LogP contribution in [0.5, 0.6) is 0 Å². The van der Waals surface area contributed by atoms with Gasteiger partial charge in [-0.15, -0.1) is 0 Å². The number of benzene rings is 3. The summed E-state index contributed by atoms with van der Waals surface area (Å²) in [6, 6.07) is 33.2. The fraction of sp³-hybridized carbons (Fsp3) is 0.296. The molecule has 0 spiro atoms. The largest absolute Gasteiger partial charge is 0.286 e. The van der Waals surface area contributed by atoms with Crippen molar-refractivity contribution in [2.45, 2.75) is 31.2 Å². The minimum absolute atomic E-state index is 0.260. The first-order chi connectivity index (χ1) is 13.9. The second kappa shape index (κ2) is 8.75. The van der Waals surface area contributed by atoms with Crippen LogP contribution in [0.2, 0.25) is 0 Å². The van der Waals surface area contributed by atoms with Crippen LogP contribution in [0.25, 0.3) is 0 Å². The van der Waals surface area contributed by atoms with Gasteiger partial charge in [0.25, 0.3) is 0 Å². The van der Waals surface area contributed by atoms with E-state index < -0.39 is 0 Å². The second-order valence-electron chi connectivity index (χ2n) is 7.90. The summed E-state index contributed by atoms with van der Waals surface area (Å²) >= 11 is 0. The van der Waals surface area contributed by atoms with Crippen molar-refractivity contribution in [1.82, 2.24) is 4.90 Å². The van der Waals surface area contributed by atoms with Crippen molar-refractivity contribution < 1.29 is 0 Å². The predicted octanol–water partition coefficient (Wildman–Crippen LogP) is 6.30. The average Bonchev–Trinajstić information content (AvgIpc) is 2.77. The van der Waals surface area contributed by atoms with Gasteiger partial charge in [-0.1, -0.05) is 104 Å². The lowest BCUT2D eigenvalue weighted by Crippen LogP contribution is -2.52. The highest BCUT2D eigenvalue weighted by Crippen LogP contribution is 2.44. The van der Waals surface area contributed by atoms with E-state index in [2.05, 4.69) is 103 Å². The van der Waals surface area contributed by atoms with Gasteiger partial charge in [0.2, 0.25) is 0 Å². The SMILES string of the molecule is [CH2]CCC1CCCN(C(c2ccccc2)(c2ccccc2)c2ccccc2)C1. The molecule has 1 radical (unpaired) electrons. The summed E-state index contributed by atoms with van der Waals surface area (Å²) in [6.45, 7) is 6.36. The van der Waals surface area contributed by atoms with E-state index >= 15 is 0 Å². The molecule has 4 rings (SSSR count). The minimum atomic E-state index is -0.260. The van der Waals surface area contributed by atoms with Crippen LogP contribution in [0.15, 0.2) is 91.0 Å². The lowest BCUT2D eigenvalue weighted by molar-refractivity contribution is 0.0899. The fourth-order valence-corrected chi connectivity index (χ4v) is 4.98. The van der Waals surface area contributed by atoms with Gasteiger partial charge in [0.15, 0.2) is 0 Å². The van der Waals surface area contributed by atoms with Crippen LogP contribution < -0.4 is 0 Å². The van der Waals surface area contributed by atoms with Gasteiger partial charge in [0.05, 0.1) is 5.54 Å². The molecule has 143 valence electrons. The van der Waals surface area contributed by atoms with E-state index in [-0.39, 0.29) is 5.54 Å². The molecule has 3 aromatic rings. The van der Waals surface area contributed by atoms with Crippen molar-refractivity contribution in [2.75, 3.05) is 13.1 Å². The molecular weight excluding hydrogens is 338 g/mol. The Bertz CT molecular complexity index is 743. The third-order valence-electron chi connectivity index (χ3n) is 6.18. The highest BCUT2D eigenvalue weighted by atomic mass is 15.2. The molecule has 1 atom stereocenters. The van der Waals surface area contributed by atoms with Gasteiger partial charge in [-0.05, 0) is 48.4 Å². The van der Waals surface area contributed by atoms with Crippen LogP contribution in [0.3, 0.4) is 0 Å². The van der Waals surface area contributed by atoms with Gasteiger partial charge in [0, 0.05) is 6.54 Å². The number of hydrogen-bond donors (Lipinski definition) is 0. The Morgan fingerprint density at radius 2 is 1.21 bits per heavy atom. The summed E-state index contributed by atoms with van der Waals surface area (Å²) in [5.74, 6) is 0.724. The Labute approximate surface area is 170 Å². The summed E-state index contributed by atoms with van der Waals surface area (Å²) < 4.78 is 0. The molecule has 1 nitrogen and oxygen atoms in total. The van der Waals surface area contributed by atoms with Crippen molar-refractivity contribution in [3.63, 3.8) is 0 Å². The molecular formula is C27H30N. The third-order valence-corrected chi connectivity index (χ3v) is 6.18. The third kappa shape index (κ3) is 3.52. The number of hydrogen-bond acceptors (Lipinski definition) is 1. The van der Waals surface area contributed by atoms with Gasteiger partial charge in [-0.3, -0.25) is 4.90 Å². The van der Waals surface area contributed by atoms with Crippen molar-refractivity contribution in [2.24, 2.45) is 5.92 Å². The Morgan fingerprint density at radius 3 is 1.64 bits per heavy atom. The number of rotatable bonds is 6. The standard InChI is InChI=1S/C27H30N/c1-2-13-23-14-12-21-28(22-23)27(24-15-6-3-7-16-24,25-17-8-4-9-18-25)26-19-10-5-11-20-26/h3-11,15-20,23H,1-2,12-14,21-22H2. The van der Waals surface area contributed by atoms with Crippen molar-refractivity contribution in [1.29, 1.82) is 0 Å². The van der Waals surface area contributed by atoms with Crippen LogP contribution in [0.4, 0.5) is 0 Å². The van der Waals surface area contributed by atoms with Gasteiger partial charge in [-0.25, -0.2) is 0 Å². The predicted molar refractivity (Wildman–Crippen MR) is 118 cm³/mol. The molecule has 0 amide bonds. The van der Waals surface area contributed by atoms with E-state index in [1.807, 2.05) is 0 Å². The lowest BCUT2D eigenvalue weighted by Gasteiger charge is -2.49. The summed E-state index contributed by atoms with van der Waals surface area (Å²) in [6.07, 6.45) is 4.80. The molecule has 0 N–H and O–H groups in total. The molecule has 1 fully saturated rings. The Kier molecular flexibility index (Phi) is 5.92. The van der Waals surface area contributed by atoms with Crippen LogP contribution in [0.1, 0.15) is 42.4 Å². The van der Waals surface area contributed by atoms with E-state index in [9.17, 15) is 0 Å².